The van der Waals surface area contributed by atoms with E-state index in [0.29, 0.717) is 0 Å². The van der Waals surface area contributed by atoms with Crippen molar-refractivity contribution in [2.45, 2.75) is 44.1 Å². The summed E-state index contributed by atoms with van der Waals surface area (Å²) in [7, 11) is 0. The summed E-state index contributed by atoms with van der Waals surface area (Å²) in [5, 5.41) is 17.3. The molecular weight excluding hydrogens is 314 g/mol. The molecule has 0 saturated heterocycles. The summed E-state index contributed by atoms with van der Waals surface area (Å²) in [4.78, 5) is 14.9. The third kappa shape index (κ3) is 2.85. The Balaban J connectivity index is 1.69. The summed E-state index contributed by atoms with van der Waals surface area (Å²) in [6.07, 6.45) is 3.39. The standard InChI is InChI=1S/C17H21NO2S2/c1-12-6-10-22-15(12)13(19)11-18-16(20)17(7-2-3-8-17)14-5-4-9-21-14/h4-6,9-10,13,19H,2-3,7-8,11H2,1H3,(H,18,20). The van der Waals surface area contributed by atoms with Crippen LogP contribution in [0.25, 0.3) is 0 Å². The Morgan fingerprint density at radius 3 is 2.68 bits per heavy atom. The Bertz CT molecular complexity index is 627. The van der Waals surface area contributed by atoms with Gasteiger partial charge >= 0.3 is 0 Å². The fourth-order valence-electron chi connectivity index (χ4n) is 3.29. The lowest BCUT2D eigenvalue weighted by atomic mass is 9.83. The molecule has 2 aromatic heterocycles. The molecule has 0 bridgehead atoms. The highest BCUT2D eigenvalue weighted by Gasteiger charge is 2.43. The fraction of sp³-hybridized carbons (Fsp3) is 0.471. The Morgan fingerprint density at radius 1 is 1.32 bits per heavy atom. The van der Waals surface area contributed by atoms with Gasteiger partial charge in [-0.25, -0.2) is 0 Å². The number of aliphatic hydroxyl groups excluding tert-OH is 1. The lowest BCUT2D eigenvalue weighted by molar-refractivity contribution is -0.127. The molecule has 1 fully saturated rings. The van der Waals surface area contributed by atoms with E-state index in [9.17, 15) is 9.90 Å². The summed E-state index contributed by atoms with van der Waals surface area (Å²) in [6.45, 7) is 2.27. The molecule has 0 radical (unpaired) electrons. The predicted octanol–water partition coefficient (Wildman–Crippen LogP) is 3.78. The molecule has 1 amide bonds. The van der Waals surface area contributed by atoms with Crippen LogP contribution in [0, 0.1) is 6.92 Å². The van der Waals surface area contributed by atoms with Crippen molar-refractivity contribution in [3.05, 3.63) is 44.3 Å². The second-order valence-corrected chi connectivity index (χ2v) is 7.86. The molecule has 2 aromatic rings. The Kier molecular flexibility index (Phi) is 4.66. The van der Waals surface area contributed by atoms with Crippen LogP contribution in [-0.2, 0) is 10.2 Å². The second-order valence-electron chi connectivity index (χ2n) is 5.96. The molecule has 2 N–H and O–H groups in total. The average molecular weight is 335 g/mol. The number of thiophene rings is 2. The van der Waals surface area contributed by atoms with Crippen LogP contribution in [0.4, 0.5) is 0 Å². The second kappa shape index (κ2) is 6.52. The van der Waals surface area contributed by atoms with Gasteiger partial charge in [-0.1, -0.05) is 18.9 Å². The normalized spacial score (nSPS) is 18.3. The van der Waals surface area contributed by atoms with E-state index in [0.717, 1.165) is 41.0 Å². The van der Waals surface area contributed by atoms with Gasteiger partial charge in [-0.15, -0.1) is 22.7 Å². The van der Waals surface area contributed by atoms with Gasteiger partial charge in [0.15, 0.2) is 0 Å². The molecule has 118 valence electrons. The van der Waals surface area contributed by atoms with Crippen LogP contribution < -0.4 is 5.32 Å². The van der Waals surface area contributed by atoms with Crippen molar-refractivity contribution >= 4 is 28.6 Å². The topological polar surface area (TPSA) is 49.3 Å². The Morgan fingerprint density at radius 2 is 2.09 bits per heavy atom. The van der Waals surface area contributed by atoms with Crippen LogP contribution in [-0.4, -0.2) is 17.6 Å². The third-order valence-electron chi connectivity index (χ3n) is 4.54. The van der Waals surface area contributed by atoms with Gasteiger partial charge in [0.05, 0.1) is 5.41 Å². The van der Waals surface area contributed by atoms with E-state index in [1.807, 2.05) is 29.8 Å². The zero-order chi connectivity index (χ0) is 15.6. The highest BCUT2D eigenvalue weighted by atomic mass is 32.1. The summed E-state index contributed by atoms with van der Waals surface area (Å²) in [6, 6.07) is 6.07. The SMILES string of the molecule is Cc1ccsc1C(O)CNC(=O)C1(c2cccs2)CCCC1. The first-order chi connectivity index (χ1) is 10.6. The largest absolute Gasteiger partial charge is 0.386 e. The molecule has 5 heteroatoms. The van der Waals surface area contributed by atoms with Gasteiger partial charge in [-0.05, 0) is 48.2 Å². The number of carbonyl (C=O) groups excluding carboxylic acids is 1. The number of rotatable bonds is 5. The quantitative estimate of drug-likeness (QED) is 0.873. The fourth-order valence-corrected chi connectivity index (χ4v) is 5.19. The van der Waals surface area contributed by atoms with Crippen LogP contribution in [0.15, 0.2) is 29.0 Å². The van der Waals surface area contributed by atoms with Crippen molar-refractivity contribution in [1.82, 2.24) is 5.32 Å². The van der Waals surface area contributed by atoms with Gasteiger partial charge in [0.2, 0.25) is 5.91 Å². The maximum absolute atomic E-state index is 12.8. The van der Waals surface area contributed by atoms with Crippen molar-refractivity contribution in [2.75, 3.05) is 6.54 Å². The monoisotopic (exact) mass is 335 g/mol. The van der Waals surface area contributed by atoms with Gasteiger partial charge in [-0.3, -0.25) is 4.79 Å². The Hall–Kier alpha value is -1.17. The van der Waals surface area contributed by atoms with E-state index in [1.165, 1.54) is 11.3 Å². The van der Waals surface area contributed by atoms with Crippen molar-refractivity contribution < 1.29 is 9.90 Å². The van der Waals surface area contributed by atoms with E-state index >= 15 is 0 Å². The molecule has 1 saturated carbocycles. The molecule has 1 unspecified atom stereocenters. The number of nitrogens with one attached hydrogen (secondary N) is 1. The van der Waals surface area contributed by atoms with Crippen molar-refractivity contribution in [2.24, 2.45) is 0 Å². The molecule has 0 spiro atoms. The van der Waals surface area contributed by atoms with Gasteiger partial charge < -0.3 is 10.4 Å². The van der Waals surface area contributed by atoms with Crippen LogP contribution in [0.3, 0.4) is 0 Å². The highest BCUT2D eigenvalue weighted by Crippen LogP contribution is 2.43. The molecule has 3 nitrogen and oxygen atoms in total. The molecule has 1 aliphatic rings. The summed E-state index contributed by atoms with van der Waals surface area (Å²) < 4.78 is 0. The third-order valence-corrected chi connectivity index (χ3v) is 6.74. The van der Waals surface area contributed by atoms with Crippen LogP contribution >= 0.6 is 22.7 Å². The number of carbonyl (C=O) groups is 1. The van der Waals surface area contributed by atoms with Gasteiger partial charge in [0.25, 0.3) is 0 Å². The molecule has 1 aliphatic carbocycles. The van der Waals surface area contributed by atoms with Crippen molar-refractivity contribution in [3.63, 3.8) is 0 Å². The smallest absolute Gasteiger partial charge is 0.231 e. The van der Waals surface area contributed by atoms with Gasteiger partial charge in [0, 0.05) is 16.3 Å². The van der Waals surface area contributed by atoms with Crippen molar-refractivity contribution in [1.29, 1.82) is 0 Å². The highest BCUT2D eigenvalue weighted by molar-refractivity contribution is 7.10. The maximum Gasteiger partial charge on any atom is 0.231 e. The van der Waals surface area contributed by atoms with E-state index in [4.69, 9.17) is 0 Å². The average Bonchev–Trinajstić information content (AvgIpc) is 3.24. The zero-order valence-electron chi connectivity index (χ0n) is 12.7. The number of aryl methyl sites for hydroxylation is 1. The van der Waals surface area contributed by atoms with Crippen LogP contribution in [0.2, 0.25) is 0 Å². The van der Waals surface area contributed by atoms with Crippen molar-refractivity contribution in [3.8, 4) is 0 Å². The van der Waals surface area contributed by atoms with Gasteiger partial charge in [0.1, 0.15) is 6.10 Å². The molecule has 2 heterocycles. The van der Waals surface area contributed by atoms with E-state index in [2.05, 4.69) is 11.4 Å². The lowest BCUT2D eigenvalue weighted by Gasteiger charge is -2.27. The predicted molar refractivity (Wildman–Crippen MR) is 91.5 cm³/mol. The molecule has 0 aromatic carbocycles. The summed E-state index contributed by atoms with van der Waals surface area (Å²) in [5.74, 6) is 0.0701. The lowest BCUT2D eigenvalue weighted by Crippen LogP contribution is -2.43. The molecule has 3 rings (SSSR count). The first kappa shape index (κ1) is 15.7. The molecule has 22 heavy (non-hydrogen) atoms. The van der Waals surface area contributed by atoms with Crippen LogP contribution in [0.1, 0.15) is 47.1 Å². The molecule has 0 aliphatic heterocycles. The number of aliphatic hydroxyl groups is 1. The first-order valence-corrected chi connectivity index (χ1v) is 9.44. The van der Waals surface area contributed by atoms with E-state index in [-0.39, 0.29) is 17.9 Å². The van der Waals surface area contributed by atoms with Crippen LogP contribution in [0.5, 0.6) is 0 Å². The molecule has 1 atom stereocenters. The number of amides is 1. The minimum Gasteiger partial charge on any atom is -0.386 e. The first-order valence-electron chi connectivity index (χ1n) is 7.68. The number of hydrogen-bond donors (Lipinski definition) is 2. The minimum absolute atomic E-state index is 0.0701. The zero-order valence-corrected chi connectivity index (χ0v) is 14.3. The Labute approximate surface area is 139 Å². The molecular formula is C17H21NO2S2. The maximum atomic E-state index is 12.8. The number of hydrogen-bond acceptors (Lipinski definition) is 4. The summed E-state index contributed by atoms with van der Waals surface area (Å²) >= 11 is 3.20. The van der Waals surface area contributed by atoms with E-state index < -0.39 is 6.10 Å². The minimum atomic E-state index is -0.620. The van der Waals surface area contributed by atoms with Gasteiger partial charge in [-0.2, -0.15) is 0 Å². The van der Waals surface area contributed by atoms with E-state index in [1.54, 1.807) is 11.3 Å². The summed E-state index contributed by atoms with van der Waals surface area (Å²) in [5.41, 5.74) is 0.707.